The van der Waals surface area contributed by atoms with Gasteiger partial charge in [-0.05, 0) is 73.2 Å². The van der Waals surface area contributed by atoms with E-state index in [-0.39, 0.29) is 30.3 Å². The number of rotatable bonds is 14. The molecule has 4 aromatic carbocycles. The fraction of sp³-hybridized carbons (Fsp3) is 0.286. The minimum atomic E-state index is -4.70. The lowest BCUT2D eigenvalue weighted by Crippen LogP contribution is -2.48. The van der Waals surface area contributed by atoms with Gasteiger partial charge in [0.15, 0.2) is 0 Å². The average molecular weight is 857 g/mol. The largest absolute Gasteiger partial charge is 0.500 e. The second kappa shape index (κ2) is 19.7. The number of alkyl carbamates (subject to hydrolysis) is 2. The molecule has 0 aliphatic carbocycles. The number of hydrogen-bond acceptors (Lipinski definition) is 12. The lowest BCUT2D eigenvalue weighted by molar-refractivity contribution is -0.138. The number of methoxy groups -OCH3 is 2. The third-order valence-electron chi connectivity index (χ3n) is 9.95. The van der Waals surface area contributed by atoms with E-state index in [4.69, 9.17) is 17.8 Å². The lowest BCUT2D eigenvalue weighted by atomic mass is 10.0. The van der Waals surface area contributed by atoms with Gasteiger partial charge in [0.1, 0.15) is 35.7 Å². The highest BCUT2D eigenvalue weighted by atomic mass is 32.3. The quantitative estimate of drug-likeness (QED) is 0.138. The van der Waals surface area contributed by atoms with Gasteiger partial charge in [-0.3, -0.25) is 19.2 Å². The summed E-state index contributed by atoms with van der Waals surface area (Å²) in [4.78, 5) is 81.3. The molecular formula is C42H44N6O12S. The smallest absolute Gasteiger partial charge is 0.453 e. The van der Waals surface area contributed by atoms with E-state index in [1.165, 1.54) is 72.6 Å². The zero-order chi connectivity index (χ0) is 43.5. The van der Waals surface area contributed by atoms with Gasteiger partial charge in [-0.2, -0.15) is 0 Å². The van der Waals surface area contributed by atoms with Crippen LogP contribution in [-0.2, 0) is 39.1 Å². The van der Waals surface area contributed by atoms with Crippen molar-refractivity contribution >= 4 is 57.6 Å². The summed E-state index contributed by atoms with van der Waals surface area (Å²) in [5.74, 6) is -2.31. The molecule has 2 aliphatic heterocycles. The summed E-state index contributed by atoms with van der Waals surface area (Å²) in [6.45, 7) is 0.555. The number of ether oxygens (including phenoxy) is 2. The van der Waals surface area contributed by atoms with E-state index >= 15 is 0 Å². The van der Waals surface area contributed by atoms with Crippen molar-refractivity contribution in [2.75, 3.05) is 37.9 Å². The van der Waals surface area contributed by atoms with Crippen LogP contribution in [-0.4, -0.2) is 93.4 Å². The second-order valence-corrected chi connectivity index (χ2v) is 15.1. The molecule has 320 valence electrons. The van der Waals surface area contributed by atoms with Gasteiger partial charge < -0.3 is 48.9 Å². The van der Waals surface area contributed by atoms with Gasteiger partial charge in [-0.25, -0.2) is 9.59 Å². The predicted octanol–water partition coefficient (Wildman–Crippen LogP) is 4.44. The van der Waals surface area contributed by atoms with Crippen molar-refractivity contribution in [1.29, 1.82) is 0 Å². The number of hydrogen-bond donors (Lipinski definition) is 4. The van der Waals surface area contributed by atoms with Crippen molar-refractivity contribution in [3.05, 3.63) is 120 Å². The van der Waals surface area contributed by atoms with Crippen LogP contribution in [0.5, 0.6) is 11.5 Å². The Bertz CT molecular complexity index is 2330. The standard InChI is InChI=1S/C42H44N6O12S/c1-57-41(53)45-35(27-12-5-3-6-13-27)39(51)47-24-10-18-33(47)37(49)43-29-20-22-31(23-21-29)59-61(55,56)60-32-17-9-16-30(26-32)44-38(50)34-19-11-25-48(34)40(52)36(46-42(54)58-2)28-14-7-4-8-15-28/h3-9,12-17,20-23,26,33-36H,10-11,18-19,24-25H2,1-2H3,(H,43,49)(H,44,50)(H,45,53)(H,46,54)/t33-,34-,35+,36+/m0/s1. The fourth-order valence-corrected chi connectivity index (χ4v) is 7.80. The third kappa shape index (κ3) is 11.1. The molecule has 4 N–H and O–H groups in total. The highest BCUT2D eigenvalue weighted by molar-refractivity contribution is 7.82. The molecule has 0 aromatic heterocycles. The maximum atomic E-state index is 13.7. The highest BCUT2D eigenvalue weighted by Crippen LogP contribution is 2.28. The summed E-state index contributed by atoms with van der Waals surface area (Å²) in [7, 11) is -2.34. The van der Waals surface area contributed by atoms with Crippen LogP contribution in [0, 0.1) is 0 Å². The normalized spacial score (nSPS) is 17.0. The molecule has 4 aromatic rings. The Hall–Kier alpha value is -7.15. The van der Waals surface area contributed by atoms with E-state index in [0.717, 1.165) is 0 Å². The first-order valence-corrected chi connectivity index (χ1v) is 20.5. The summed E-state index contributed by atoms with van der Waals surface area (Å²) in [6, 6.07) is 24.2. The van der Waals surface area contributed by atoms with Crippen LogP contribution in [0.1, 0.15) is 48.9 Å². The summed E-state index contributed by atoms with van der Waals surface area (Å²) in [5.41, 5.74) is 1.50. The topological polar surface area (TPSA) is 228 Å². The van der Waals surface area contributed by atoms with Crippen LogP contribution in [0.3, 0.4) is 0 Å². The molecule has 0 radical (unpaired) electrons. The van der Waals surface area contributed by atoms with E-state index in [1.807, 2.05) is 0 Å². The molecule has 0 saturated carbocycles. The van der Waals surface area contributed by atoms with Crippen molar-refractivity contribution in [2.45, 2.75) is 49.9 Å². The predicted molar refractivity (Wildman–Crippen MR) is 219 cm³/mol. The van der Waals surface area contributed by atoms with Gasteiger partial charge >= 0.3 is 22.6 Å². The van der Waals surface area contributed by atoms with Gasteiger partial charge in [0, 0.05) is 30.5 Å². The molecule has 61 heavy (non-hydrogen) atoms. The van der Waals surface area contributed by atoms with Crippen molar-refractivity contribution < 1.29 is 55.0 Å². The molecule has 18 nitrogen and oxygen atoms in total. The Morgan fingerprint density at radius 1 is 0.574 bits per heavy atom. The number of carbonyl (C=O) groups is 6. The van der Waals surface area contributed by atoms with Crippen LogP contribution in [0.4, 0.5) is 21.0 Å². The number of nitrogens with zero attached hydrogens (tertiary/aromatic N) is 2. The van der Waals surface area contributed by atoms with Crippen molar-refractivity contribution in [3.63, 3.8) is 0 Å². The number of amides is 6. The number of carbonyl (C=O) groups excluding carboxylic acids is 6. The van der Waals surface area contributed by atoms with E-state index in [0.29, 0.717) is 42.5 Å². The van der Waals surface area contributed by atoms with Crippen molar-refractivity contribution in [2.24, 2.45) is 0 Å². The molecule has 0 spiro atoms. The lowest BCUT2D eigenvalue weighted by Gasteiger charge is -2.28. The molecule has 6 amide bonds. The molecule has 2 fully saturated rings. The van der Waals surface area contributed by atoms with Crippen LogP contribution in [0.2, 0.25) is 0 Å². The highest BCUT2D eigenvalue weighted by Gasteiger charge is 2.40. The minimum absolute atomic E-state index is 0.138. The van der Waals surface area contributed by atoms with Crippen LogP contribution < -0.4 is 29.6 Å². The second-order valence-electron chi connectivity index (χ2n) is 13.9. The first-order valence-electron chi connectivity index (χ1n) is 19.2. The van der Waals surface area contributed by atoms with Gasteiger partial charge in [-0.15, -0.1) is 8.42 Å². The third-order valence-corrected chi connectivity index (χ3v) is 10.7. The molecule has 0 bridgehead atoms. The maximum Gasteiger partial charge on any atom is 0.500 e. The number of likely N-dealkylation sites (tertiary alicyclic amines) is 2. The zero-order valence-electron chi connectivity index (χ0n) is 33.1. The molecule has 4 atom stereocenters. The summed E-state index contributed by atoms with van der Waals surface area (Å²) < 4.78 is 45.6. The monoisotopic (exact) mass is 856 g/mol. The van der Waals surface area contributed by atoms with Gasteiger partial charge in [0.2, 0.25) is 11.8 Å². The van der Waals surface area contributed by atoms with Crippen LogP contribution >= 0.6 is 0 Å². The average Bonchev–Trinajstić information content (AvgIpc) is 3.97. The fourth-order valence-electron chi connectivity index (χ4n) is 7.08. The first kappa shape index (κ1) is 43.4. The molecule has 2 heterocycles. The zero-order valence-corrected chi connectivity index (χ0v) is 34.0. The number of benzene rings is 4. The van der Waals surface area contributed by atoms with E-state index < -0.39 is 70.4 Å². The van der Waals surface area contributed by atoms with Crippen LogP contribution in [0.25, 0.3) is 0 Å². The molecule has 19 heteroatoms. The Morgan fingerprint density at radius 2 is 1.03 bits per heavy atom. The van der Waals surface area contributed by atoms with Gasteiger partial charge in [-0.1, -0.05) is 66.7 Å². The summed E-state index contributed by atoms with van der Waals surface area (Å²) in [5, 5.41) is 10.5. The maximum absolute atomic E-state index is 13.7. The molecule has 6 rings (SSSR count). The van der Waals surface area contributed by atoms with E-state index in [2.05, 4.69) is 21.3 Å². The molecular weight excluding hydrogens is 813 g/mol. The summed E-state index contributed by atoms with van der Waals surface area (Å²) >= 11 is 0. The van der Waals surface area contributed by atoms with Crippen LogP contribution in [0.15, 0.2) is 109 Å². The van der Waals surface area contributed by atoms with Gasteiger partial charge in [0.05, 0.1) is 14.2 Å². The molecule has 2 aliphatic rings. The van der Waals surface area contributed by atoms with E-state index in [1.54, 1.807) is 60.7 Å². The van der Waals surface area contributed by atoms with Gasteiger partial charge in [0.25, 0.3) is 11.8 Å². The van der Waals surface area contributed by atoms with Crippen molar-refractivity contribution in [3.8, 4) is 11.5 Å². The SMILES string of the molecule is COC(=O)N[C@@H](C(=O)N1CCC[C@H]1C(=O)Nc1ccc(OS(=O)(=O)Oc2cccc(NC(=O)[C@@H]3CCCN3C(=O)[C@H](NC(=O)OC)c3ccccc3)c2)cc1)c1ccccc1. The molecule has 2 saturated heterocycles. The summed E-state index contributed by atoms with van der Waals surface area (Å²) in [6.07, 6.45) is 0.196. The van der Waals surface area contributed by atoms with Crippen molar-refractivity contribution in [1.82, 2.24) is 20.4 Å². The number of anilines is 2. The van der Waals surface area contributed by atoms with E-state index in [9.17, 15) is 37.2 Å². The first-order chi connectivity index (χ1) is 29.3. The Kier molecular flexibility index (Phi) is 14.1. The molecule has 0 unspecified atom stereocenters. The minimum Gasteiger partial charge on any atom is -0.453 e. The Morgan fingerprint density at radius 3 is 1.51 bits per heavy atom. The Balaban J connectivity index is 1.04. The Labute approximate surface area is 351 Å². The number of nitrogens with one attached hydrogen (secondary N) is 4.